The Labute approximate surface area is 142 Å². The number of hydrogen-bond donors (Lipinski definition) is 2. The second-order valence-electron chi connectivity index (χ2n) is 5.86. The molecular weight excluding hydrogens is 326 g/mol. The fourth-order valence-electron chi connectivity index (χ4n) is 2.25. The van der Waals surface area contributed by atoms with E-state index < -0.39 is 21.2 Å². The first-order valence-corrected chi connectivity index (χ1v) is 9.26. The summed E-state index contributed by atoms with van der Waals surface area (Å²) in [6.45, 7) is 3.25. The highest BCUT2D eigenvalue weighted by Crippen LogP contribution is 2.20. The number of anilines is 1. The molecule has 0 heterocycles. The van der Waals surface area contributed by atoms with Crippen LogP contribution in [-0.2, 0) is 22.9 Å². The maximum Gasteiger partial charge on any atom is 0.335 e. The van der Waals surface area contributed by atoms with Gasteiger partial charge in [0, 0.05) is 0 Å². The average Bonchev–Trinajstić information content (AvgIpc) is 2.54. The van der Waals surface area contributed by atoms with Crippen molar-refractivity contribution in [3.8, 4) is 0 Å². The lowest BCUT2D eigenvalue weighted by molar-refractivity contribution is 0.0696. The number of rotatable bonds is 7. The number of nitrogens with one attached hydrogen (secondary N) is 1. The maximum absolute atomic E-state index is 12.1. The predicted octanol–water partition coefficient (Wildman–Crippen LogP) is 3.32. The molecule has 0 saturated carbocycles. The summed E-state index contributed by atoms with van der Waals surface area (Å²) in [4.78, 5) is 11.0. The first kappa shape index (κ1) is 18.0. The highest BCUT2D eigenvalue weighted by Gasteiger charge is 2.17. The molecular formula is C18H21NO4S. The van der Waals surface area contributed by atoms with E-state index in [9.17, 15) is 13.2 Å². The highest BCUT2D eigenvalue weighted by atomic mass is 32.2. The number of para-hydroxylation sites is 1. The maximum atomic E-state index is 12.1. The van der Waals surface area contributed by atoms with Gasteiger partial charge in [0.1, 0.15) is 0 Å². The molecule has 0 spiro atoms. The Morgan fingerprint density at radius 3 is 2.46 bits per heavy atom. The number of sulfonamides is 1. The fraction of sp³-hybridized carbons (Fsp3) is 0.278. The van der Waals surface area contributed by atoms with Gasteiger partial charge in [-0.2, -0.15) is 0 Å². The Kier molecular flexibility index (Phi) is 5.62. The Morgan fingerprint density at radius 1 is 1.08 bits per heavy atom. The van der Waals surface area contributed by atoms with Crippen molar-refractivity contribution < 1.29 is 18.3 Å². The highest BCUT2D eigenvalue weighted by molar-refractivity contribution is 7.93. The van der Waals surface area contributed by atoms with Gasteiger partial charge in [-0.1, -0.05) is 30.3 Å². The van der Waals surface area contributed by atoms with E-state index in [1.54, 1.807) is 44.2 Å². The number of carboxylic acid groups (broad SMARTS) is 1. The van der Waals surface area contributed by atoms with Crippen molar-refractivity contribution in [3.05, 3.63) is 65.2 Å². The van der Waals surface area contributed by atoms with E-state index in [-0.39, 0.29) is 5.56 Å². The third-order valence-corrected chi connectivity index (χ3v) is 5.49. The van der Waals surface area contributed by atoms with Crippen LogP contribution in [0.4, 0.5) is 5.69 Å². The molecule has 2 aromatic rings. The number of aryl methyl sites for hydroxylation is 2. The monoisotopic (exact) mass is 347 g/mol. The smallest absolute Gasteiger partial charge is 0.335 e. The zero-order valence-electron chi connectivity index (χ0n) is 13.7. The first-order chi connectivity index (χ1) is 11.3. The summed E-state index contributed by atoms with van der Waals surface area (Å²) in [5.41, 5.74) is 2.60. The summed E-state index contributed by atoms with van der Waals surface area (Å²) in [5, 5.41) is 8.53. The van der Waals surface area contributed by atoms with Crippen LogP contribution < -0.4 is 4.72 Å². The second-order valence-corrected chi connectivity index (χ2v) is 8.10. The van der Waals surface area contributed by atoms with Crippen molar-refractivity contribution in [3.63, 3.8) is 0 Å². The van der Waals surface area contributed by atoms with Crippen LogP contribution in [0.1, 0.15) is 35.3 Å². The molecule has 0 aromatic heterocycles. The van der Waals surface area contributed by atoms with Gasteiger partial charge in [-0.25, -0.2) is 13.2 Å². The van der Waals surface area contributed by atoms with E-state index in [1.807, 2.05) is 18.2 Å². The largest absolute Gasteiger partial charge is 0.478 e. The van der Waals surface area contributed by atoms with Gasteiger partial charge in [-0.3, -0.25) is 4.72 Å². The van der Waals surface area contributed by atoms with E-state index in [1.165, 1.54) is 0 Å². The van der Waals surface area contributed by atoms with Gasteiger partial charge in [0.05, 0.1) is 16.5 Å². The molecule has 24 heavy (non-hydrogen) atoms. The Morgan fingerprint density at radius 2 is 1.79 bits per heavy atom. The molecule has 0 fully saturated rings. The van der Waals surface area contributed by atoms with Gasteiger partial charge in [-0.05, 0) is 56.0 Å². The summed E-state index contributed by atoms with van der Waals surface area (Å²) in [5.74, 6) is -0.957. The molecule has 2 aromatic carbocycles. The third kappa shape index (κ3) is 4.58. The number of benzene rings is 2. The van der Waals surface area contributed by atoms with Gasteiger partial charge < -0.3 is 5.11 Å². The summed E-state index contributed by atoms with van der Waals surface area (Å²) < 4.78 is 26.8. The van der Waals surface area contributed by atoms with Crippen LogP contribution in [-0.4, -0.2) is 24.7 Å². The van der Waals surface area contributed by atoms with Crippen LogP contribution in [0.3, 0.4) is 0 Å². The topological polar surface area (TPSA) is 83.5 Å². The first-order valence-electron chi connectivity index (χ1n) is 7.71. The molecule has 0 saturated heterocycles. The van der Waals surface area contributed by atoms with E-state index in [4.69, 9.17) is 5.11 Å². The summed E-state index contributed by atoms with van der Waals surface area (Å²) in [7, 11) is -3.40. The van der Waals surface area contributed by atoms with Crippen LogP contribution in [0, 0.1) is 0 Å². The molecule has 128 valence electrons. The molecule has 0 aliphatic heterocycles. The van der Waals surface area contributed by atoms with E-state index in [0.717, 1.165) is 11.1 Å². The second kappa shape index (κ2) is 7.49. The van der Waals surface area contributed by atoms with Crippen LogP contribution >= 0.6 is 0 Å². The molecule has 0 atom stereocenters. The minimum atomic E-state index is -3.40. The van der Waals surface area contributed by atoms with Crippen molar-refractivity contribution in [2.75, 3.05) is 4.72 Å². The molecule has 5 nitrogen and oxygen atoms in total. The Bertz CT molecular complexity index is 828. The minimum Gasteiger partial charge on any atom is -0.478 e. The zero-order valence-corrected chi connectivity index (χ0v) is 14.5. The summed E-state index contributed by atoms with van der Waals surface area (Å²) in [6.07, 6.45) is 1.24. The summed E-state index contributed by atoms with van der Waals surface area (Å²) >= 11 is 0. The van der Waals surface area contributed by atoms with E-state index in [0.29, 0.717) is 18.5 Å². The number of carboxylic acids is 1. The minimum absolute atomic E-state index is 0.251. The molecule has 2 N–H and O–H groups in total. The van der Waals surface area contributed by atoms with Crippen LogP contribution in [0.2, 0.25) is 0 Å². The van der Waals surface area contributed by atoms with Crippen LogP contribution in [0.25, 0.3) is 0 Å². The van der Waals surface area contributed by atoms with Crippen molar-refractivity contribution in [1.29, 1.82) is 0 Å². The van der Waals surface area contributed by atoms with Crippen molar-refractivity contribution in [2.45, 2.75) is 31.9 Å². The number of hydrogen-bond acceptors (Lipinski definition) is 3. The molecule has 2 rings (SSSR count). The van der Waals surface area contributed by atoms with Crippen molar-refractivity contribution in [1.82, 2.24) is 0 Å². The van der Waals surface area contributed by atoms with Crippen molar-refractivity contribution in [2.24, 2.45) is 0 Å². The molecule has 0 aliphatic carbocycles. The number of aromatic carboxylic acids is 1. The number of carbonyl (C=O) groups is 1. The Hall–Kier alpha value is -2.34. The van der Waals surface area contributed by atoms with E-state index >= 15 is 0 Å². The SMILES string of the molecule is CC(C)S(=O)(=O)Nc1ccccc1CCc1cccc(C(=O)O)c1. The van der Waals surface area contributed by atoms with Gasteiger partial charge in [-0.15, -0.1) is 0 Å². The third-order valence-electron chi connectivity index (χ3n) is 3.75. The van der Waals surface area contributed by atoms with Gasteiger partial charge in [0.25, 0.3) is 0 Å². The van der Waals surface area contributed by atoms with Gasteiger partial charge in [0.2, 0.25) is 10.0 Å². The predicted molar refractivity (Wildman–Crippen MR) is 94.9 cm³/mol. The lowest BCUT2D eigenvalue weighted by Gasteiger charge is -2.14. The Balaban J connectivity index is 2.16. The van der Waals surface area contributed by atoms with Crippen LogP contribution in [0.5, 0.6) is 0 Å². The lowest BCUT2D eigenvalue weighted by atomic mass is 10.0. The van der Waals surface area contributed by atoms with E-state index in [2.05, 4.69) is 4.72 Å². The normalized spacial score (nSPS) is 11.5. The van der Waals surface area contributed by atoms with Gasteiger partial charge >= 0.3 is 5.97 Å². The van der Waals surface area contributed by atoms with Crippen molar-refractivity contribution >= 4 is 21.7 Å². The molecule has 0 aliphatic rings. The standard InChI is InChI=1S/C18H21NO4S/c1-13(2)24(22,23)19-17-9-4-3-7-15(17)11-10-14-6-5-8-16(12-14)18(20)21/h3-9,12-13,19H,10-11H2,1-2H3,(H,20,21). The fourth-order valence-corrected chi connectivity index (χ4v) is 2.99. The molecule has 0 radical (unpaired) electrons. The zero-order chi connectivity index (χ0) is 17.7. The molecule has 0 bridgehead atoms. The van der Waals surface area contributed by atoms with Gasteiger partial charge in [0.15, 0.2) is 0 Å². The summed E-state index contributed by atoms with van der Waals surface area (Å²) in [6, 6.07) is 14.0. The lowest BCUT2D eigenvalue weighted by Crippen LogP contribution is -2.23. The average molecular weight is 347 g/mol. The molecule has 0 unspecified atom stereocenters. The molecule has 0 amide bonds. The van der Waals surface area contributed by atoms with Crippen LogP contribution in [0.15, 0.2) is 48.5 Å². The quantitative estimate of drug-likeness (QED) is 0.805. The molecule has 6 heteroatoms.